The lowest BCUT2D eigenvalue weighted by Crippen LogP contribution is -2.22. The molecule has 1 aliphatic heterocycles. The quantitative estimate of drug-likeness (QED) is 0.395. The Bertz CT molecular complexity index is 938. The maximum Gasteiger partial charge on any atom is 0.573 e. The predicted octanol–water partition coefficient (Wildman–Crippen LogP) is 6.42. The number of alkyl halides is 3. The summed E-state index contributed by atoms with van der Waals surface area (Å²) in [6.45, 7) is 5.35. The molecule has 0 saturated carbocycles. The van der Waals surface area contributed by atoms with Crippen LogP contribution in [0.5, 0.6) is 5.75 Å². The number of aromatic nitrogens is 2. The first-order valence-electron chi connectivity index (χ1n) is 12.0. The maximum atomic E-state index is 12.7. The highest BCUT2D eigenvalue weighted by atomic mass is 19.4. The Balaban J connectivity index is 2.01. The van der Waals surface area contributed by atoms with Crippen molar-refractivity contribution in [1.29, 1.82) is 0 Å². The molecule has 1 aromatic heterocycles. The van der Waals surface area contributed by atoms with Gasteiger partial charge in [-0.1, -0.05) is 33.1 Å². The molecule has 188 valence electrons. The van der Waals surface area contributed by atoms with Gasteiger partial charge >= 0.3 is 6.36 Å². The Morgan fingerprint density at radius 2 is 2.00 bits per heavy atom. The van der Waals surface area contributed by atoms with Gasteiger partial charge in [0.15, 0.2) is 5.82 Å². The van der Waals surface area contributed by atoms with Crippen molar-refractivity contribution < 1.29 is 27.4 Å². The lowest BCUT2D eigenvalue weighted by Gasteiger charge is -2.22. The number of benzene rings is 1. The van der Waals surface area contributed by atoms with Crippen molar-refractivity contribution in [2.45, 2.75) is 84.4 Å². The van der Waals surface area contributed by atoms with E-state index in [0.717, 1.165) is 36.8 Å². The van der Waals surface area contributed by atoms with E-state index in [4.69, 9.17) is 9.47 Å². The highest BCUT2D eigenvalue weighted by molar-refractivity contribution is 5.71. The van der Waals surface area contributed by atoms with Crippen LogP contribution in [0.2, 0.25) is 0 Å². The largest absolute Gasteiger partial charge is 0.573 e. The van der Waals surface area contributed by atoms with Crippen molar-refractivity contribution in [3.8, 4) is 17.0 Å². The van der Waals surface area contributed by atoms with Crippen LogP contribution in [0.4, 0.5) is 19.0 Å². The van der Waals surface area contributed by atoms with Gasteiger partial charge in [-0.15, -0.1) is 23.4 Å². The molecule has 1 N–H and O–H groups in total. The molecule has 6 nitrogen and oxygen atoms in total. The van der Waals surface area contributed by atoms with E-state index in [1.165, 1.54) is 25.0 Å². The number of hydrogen-bond acceptors (Lipinski definition) is 6. The van der Waals surface area contributed by atoms with Crippen LogP contribution >= 0.6 is 0 Å². The zero-order valence-electron chi connectivity index (χ0n) is 20.1. The summed E-state index contributed by atoms with van der Waals surface area (Å²) >= 11 is 0. The summed E-state index contributed by atoms with van der Waals surface area (Å²) in [5, 5.41) is 12.6. The normalized spacial score (nSPS) is 14.9. The number of fused-ring (bicyclic) bond motifs is 3. The molecule has 0 radical (unpaired) electrons. The molecule has 0 amide bonds. The molecule has 34 heavy (non-hydrogen) atoms. The standard InChI is InChI=1S/C25H34F3N3O3/c1-4-6-7-9-18(5-2)29-24-22(16-32-3)21-10-8-13-33-15-17-14-19(34-25(26,27)28)11-12-20(17)23(21)30-31-24/h11-12,14,18H,4-10,13,15-16H2,1-3H3,(H,29,31)/t18-/m0/s1. The van der Waals surface area contributed by atoms with Gasteiger partial charge in [0.1, 0.15) is 5.75 Å². The van der Waals surface area contributed by atoms with E-state index in [-0.39, 0.29) is 18.4 Å². The minimum Gasteiger partial charge on any atom is -0.406 e. The Hall–Kier alpha value is -2.39. The molecule has 0 fully saturated rings. The highest BCUT2D eigenvalue weighted by Crippen LogP contribution is 2.35. The fraction of sp³-hybridized carbons (Fsp3) is 0.600. The minimum absolute atomic E-state index is 0.167. The van der Waals surface area contributed by atoms with Crippen LogP contribution in [-0.2, 0) is 29.1 Å². The number of halogens is 3. The first kappa shape index (κ1) is 26.2. The molecule has 9 heteroatoms. The van der Waals surface area contributed by atoms with Gasteiger partial charge in [0.25, 0.3) is 0 Å². The van der Waals surface area contributed by atoms with E-state index in [9.17, 15) is 13.2 Å². The Morgan fingerprint density at radius 1 is 1.18 bits per heavy atom. The van der Waals surface area contributed by atoms with Gasteiger partial charge in [-0.2, -0.15) is 0 Å². The smallest absolute Gasteiger partial charge is 0.406 e. The van der Waals surface area contributed by atoms with Crippen molar-refractivity contribution in [2.24, 2.45) is 0 Å². The summed E-state index contributed by atoms with van der Waals surface area (Å²) in [6, 6.07) is 4.55. The summed E-state index contributed by atoms with van der Waals surface area (Å²) < 4.78 is 53.6. The average Bonchev–Trinajstić information content (AvgIpc) is 2.87. The summed E-state index contributed by atoms with van der Waals surface area (Å²) in [5.41, 5.74) is 3.84. The molecule has 1 aromatic carbocycles. The van der Waals surface area contributed by atoms with Crippen molar-refractivity contribution in [3.63, 3.8) is 0 Å². The van der Waals surface area contributed by atoms with E-state index in [0.29, 0.717) is 42.3 Å². The molecule has 3 rings (SSSR count). The molecule has 1 aliphatic rings. The van der Waals surface area contributed by atoms with Gasteiger partial charge in [-0.05, 0) is 55.0 Å². The topological polar surface area (TPSA) is 65.5 Å². The predicted molar refractivity (Wildman–Crippen MR) is 125 cm³/mol. The third-order valence-corrected chi connectivity index (χ3v) is 6.00. The monoisotopic (exact) mass is 481 g/mol. The van der Waals surface area contributed by atoms with Crippen LogP contribution in [0.1, 0.15) is 69.1 Å². The van der Waals surface area contributed by atoms with Crippen LogP contribution in [0.25, 0.3) is 11.3 Å². The number of ether oxygens (including phenoxy) is 3. The third kappa shape index (κ3) is 7.06. The van der Waals surface area contributed by atoms with Crippen molar-refractivity contribution in [1.82, 2.24) is 10.2 Å². The number of unbranched alkanes of at least 4 members (excludes halogenated alkanes) is 2. The van der Waals surface area contributed by atoms with Crippen LogP contribution in [0.3, 0.4) is 0 Å². The van der Waals surface area contributed by atoms with E-state index < -0.39 is 6.36 Å². The molecule has 0 bridgehead atoms. The molecular formula is C25H34F3N3O3. The third-order valence-electron chi connectivity index (χ3n) is 6.00. The number of rotatable bonds is 10. The van der Waals surface area contributed by atoms with E-state index >= 15 is 0 Å². The van der Waals surface area contributed by atoms with Gasteiger partial charge < -0.3 is 19.5 Å². The van der Waals surface area contributed by atoms with Crippen molar-refractivity contribution >= 4 is 5.82 Å². The fourth-order valence-corrected chi connectivity index (χ4v) is 4.27. The summed E-state index contributed by atoms with van der Waals surface area (Å²) in [4.78, 5) is 0. The molecule has 0 aliphatic carbocycles. The first-order chi connectivity index (χ1) is 16.4. The molecule has 0 unspecified atom stereocenters. The average molecular weight is 482 g/mol. The number of nitrogens with one attached hydrogen (secondary N) is 1. The van der Waals surface area contributed by atoms with Gasteiger partial charge in [-0.25, -0.2) is 0 Å². The molecule has 2 aromatic rings. The second kappa shape index (κ2) is 12.4. The molecule has 1 atom stereocenters. The number of hydrogen-bond donors (Lipinski definition) is 1. The van der Waals surface area contributed by atoms with Gasteiger partial charge in [-0.3, -0.25) is 0 Å². The number of anilines is 1. The van der Waals surface area contributed by atoms with E-state index in [2.05, 4.69) is 34.1 Å². The minimum atomic E-state index is -4.76. The van der Waals surface area contributed by atoms with E-state index in [1.807, 2.05) is 0 Å². The molecule has 0 saturated heterocycles. The van der Waals surface area contributed by atoms with Crippen LogP contribution in [0.15, 0.2) is 18.2 Å². The van der Waals surface area contributed by atoms with Crippen LogP contribution < -0.4 is 10.1 Å². The fourth-order valence-electron chi connectivity index (χ4n) is 4.27. The highest BCUT2D eigenvalue weighted by Gasteiger charge is 2.31. The van der Waals surface area contributed by atoms with Crippen LogP contribution in [-0.4, -0.2) is 36.3 Å². The summed E-state index contributed by atoms with van der Waals surface area (Å²) in [5.74, 6) is 0.430. The van der Waals surface area contributed by atoms with Crippen LogP contribution in [0, 0.1) is 0 Å². The summed E-state index contributed by atoms with van der Waals surface area (Å²) in [6.07, 6.45) is 2.21. The second-order valence-corrected chi connectivity index (χ2v) is 8.56. The molecule has 2 heterocycles. The Morgan fingerprint density at radius 3 is 2.71 bits per heavy atom. The van der Waals surface area contributed by atoms with Crippen molar-refractivity contribution in [3.05, 3.63) is 34.9 Å². The Labute approximate surface area is 199 Å². The lowest BCUT2D eigenvalue weighted by atomic mass is 9.95. The number of methoxy groups -OCH3 is 1. The Kier molecular flexibility index (Phi) is 9.53. The maximum absolute atomic E-state index is 12.7. The van der Waals surface area contributed by atoms with E-state index in [1.54, 1.807) is 13.2 Å². The SMILES string of the molecule is CCCCC[C@H](CC)Nc1nnc2c(c1COC)CCCOCc1cc(OC(F)(F)F)ccc1-2. The van der Waals surface area contributed by atoms with Crippen molar-refractivity contribution in [2.75, 3.05) is 19.0 Å². The molecule has 0 spiro atoms. The zero-order valence-corrected chi connectivity index (χ0v) is 20.1. The zero-order chi connectivity index (χ0) is 24.6. The first-order valence-corrected chi connectivity index (χ1v) is 12.0. The van der Waals surface area contributed by atoms with Gasteiger partial charge in [0.2, 0.25) is 0 Å². The molecular weight excluding hydrogens is 447 g/mol. The number of nitrogens with zero attached hydrogens (tertiary/aromatic N) is 2. The van der Waals surface area contributed by atoms with Gasteiger partial charge in [0, 0.05) is 30.9 Å². The van der Waals surface area contributed by atoms with Gasteiger partial charge in [0.05, 0.1) is 18.9 Å². The second-order valence-electron chi connectivity index (χ2n) is 8.56. The lowest BCUT2D eigenvalue weighted by molar-refractivity contribution is -0.274. The summed E-state index contributed by atoms with van der Waals surface area (Å²) in [7, 11) is 1.64.